The van der Waals surface area contributed by atoms with Gasteiger partial charge in [0.05, 0.1) is 11.0 Å². The van der Waals surface area contributed by atoms with Gasteiger partial charge in [0.25, 0.3) is 0 Å². The highest BCUT2D eigenvalue weighted by atomic mass is 16.4. The molecule has 192 valence electrons. The zero-order chi connectivity index (χ0) is 25.8. The van der Waals surface area contributed by atoms with E-state index in [2.05, 4.69) is 60.6 Å². The average molecular weight is 480 g/mol. The highest BCUT2D eigenvalue weighted by Gasteiger charge is 2.72. The van der Waals surface area contributed by atoms with E-state index in [9.17, 15) is 20.0 Å². The third-order valence-electron chi connectivity index (χ3n) is 13.2. The van der Waals surface area contributed by atoms with Crippen LogP contribution in [0.25, 0.3) is 0 Å². The molecule has 0 amide bonds. The molecule has 4 fully saturated rings. The first kappa shape index (κ1) is 25.0. The van der Waals surface area contributed by atoms with Crippen LogP contribution in [0.1, 0.15) is 99.8 Å². The van der Waals surface area contributed by atoms with Crippen molar-refractivity contribution in [1.82, 2.24) is 0 Å². The lowest BCUT2D eigenvalue weighted by Crippen LogP contribution is -2.66. The van der Waals surface area contributed by atoms with Crippen molar-refractivity contribution in [1.29, 1.82) is 5.26 Å². The van der Waals surface area contributed by atoms with Crippen molar-refractivity contribution in [2.45, 2.75) is 99.8 Å². The Hall–Kier alpha value is -1.63. The van der Waals surface area contributed by atoms with Crippen LogP contribution in [0, 0.1) is 73.9 Å². The normalized spacial score (nSPS) is 50.3. The van der Waals surface area contributed by atoms with E-state index in [0.717, 1.165) is 51.4 Å². The number of nitriles is 1. The molecule has 5 rings (SSSR count). The second kappa shape index (κ2) is 7.45. The fourth-order valence-corrected chi connectivity index (χ4v) is 11.4. The van der Waals surface area contributed by atoms with E-state index in [1.807, 2.05) is 0 Å². The highest BCUT2D eigenvalue weighted by Crippen LogP contribution is 2.77. The lowest BCUT2D eigenvalue weighted by Gasteiger charge is -2.71. The number of rotatable bonds is 2. The maximum atomic E-state index is 13.2. The molecule has 5 aliphatic rings. The van der Waals surface area contributed by atoms with E-state index in [-0.39, 0.29) is 33.9 Å². The van der Waals surface area contributed by atoms with E-state index in [0.29, 0.717) is 29.2 Å². The van der Waals surface area contributed by atoms with Crippen LogP contribution >= 0.6 is 0 Å². The standard InChI is InChI=1S/C31H45NO3/c1-18(2)20-10-13-31(26(34)35)15-14-29(6)21(24(20)31)8-9-23-28(5)16-19(17-32)25(33)27(3,4)22(28)11-12-30(23,29)7/h16,18,20-24H,8-15H2,1-7H3,(H,34,35). The molecular formula is C31H45NO3. The van der Waals surface area contributed by atoms with Gasteiger partial charge < -0.3 is 5.11 Å². The summed E-state index contributed by atoms with van der Waals surface area (Å²) in [4.78, 5) is 26.0. The summed E-state index contributed by atoms with van der Waals surface area (Å²) >= 11 is 0. The molecule has 1 N–H and O–H groups in total. The number of aliphatic carboxylic acids is 1. The SMILES string of the molecule is CC(C)C1CCC2(C(=O)O)CCC3(C)C(CCC4C5(C)C=C(C#N)C(=O)C(C)(C)C5CCC43C)C12. The van der Waals surface area contributed by atoms with Gasteiger partial charge in [-0.1, -0.05) is 54.5 Å². The summed E-state index contributed by atoms with van der Waals surface area (Å²) in [5, 5.41) is 20.4. The van der Waals surface area contributed by atoms with Crippen LogP contribution in [0.3, 0.4) is 0 Å². The monoisotopic (exact) mass is 479 g/mol. The van der Waals surface area contributed by atoms with Crippen molar-refractivity contribution in [3.05, 3.63) is 11.6 Å². The second-order valence-electron chi connectivity index (χ2n) is 14.7. The fourth-order valence-electron chi connectivity index (χ4n) is 11.4. The van der Waals surface area contributed by atoms with E-state index < -0.39 is 16.8 Å². The van der Waals surface area contributed by atoms with Crippen molar-refractivity contribution in [2.24, 2.45) is 62.6 Å². The summed E-state index contributed by atoms with van der Waals surface area (Å²) in [6, 6.07) is 2.25. The van der Waals surface area contributed by atoms with Crippen LogP contribution in [0.15, 0.2) is 11.6 Å². The Bertz CT molecular complexity index is 1030. The molecule has 0 aromatic heterocycles. The summed E-state index contributed by atoms with van der Waals surface area (Å²) in [7, 11) is 0. The van der Waals surface area contributed by atoms with Gasteiger partial charge in [-0.05, 0) is 103 Å². The first-order chi connectivity index (χ1) is 16.2. The lowest BCUT2D eigenvalue weighted by molar-refractivity contribution is -0.223. The third kappa shape index (κ3) is 2.85. The molecule has 0 heterocycles. The van der Waals surface area contributed by atoms with Crippen LogP contribution in [-0.4, -0.2) is 16.9 Å². The third-order valence-corrected chi connectivity index (χ3v) is 13.2. The zero-order valence-electron chi connectivity index (χ0n) is 22.9. The molecule has 0 bridgehead atoms. The summed E-state index contributed by atoms with van der Waals surface area (Å²) in [5.41, 5.74) is -0.739. The molecule has 9 atom stereocenters. The van der Waals surface area contributed by atoms with Gasteiger partial charge in [-0.2, -0.15) is 5.26 Å². The van der Waals surface area contributed by atoms with Crippen molar-refractivity contribution < 1.29 is 14.7 Å². The first-order valence-electron chi connectivity index (χ1n) is 14.1. The Morgan fingerprint density at radius 1 is 0.971 bits per heavy atom. The number of hydrogen-bond acceptors (Lipinski definition) is 3. The number of carbonyl (C=O) groups excluding carboxylic acids is 1. The van der Waals surface area contributed by atoms with Crippen molar-refractivity contribution in [3.63, 3.8) is 0 Å². The van der Waals surface area contributed by atoms with Gasteiger partial charge >= 0.3 is 5.97 Å². The minimum Gasteiger partial charge on any atom is -0.481 e. The molecule has 9 unspecified atom stereocenters. The summed E-state index contributed by atoms with van der Waals surface area (Å²) in [6.07, 6.45) is 9.99. The number of carboxylic acids is 1. The van der Waals surface area contributed by atoms with Crippen LogP contribution in [-0.2, 0) is 9.59 Å². The molecule has 5 aliphatic carbocycles. The van der Waals surface area contributed by atoms with Gasteiger partial charge in [-0.3, -0.25) is 9.59 Å². The minimum atomic E-state index is -0.551. The molecule has 4 heteroatoms. The number of hydrogen-bond donors (Lipinski definition) is 1. The van der Waals surface area contributed by atoms with Gasteiger partial charge in [0.15, 0.2) is 5.78 Å². The maximum absolute atomic E-state index is 13.2. The number of allylic oxidation sites excluding steroid dienone is 2. The van der Waals surface area contributed by atoms with Crippen molar-refractivity contribution >= 4 is 11.8 Å². The van der Waals surface area contributed by atoms with E-state index in [1.54, 1.807) is 0 Å². The Balaban J connectivity index is 1.61. The van der Waals surface area contributed by atoms with Gasteiger partial charge in [-0.25, -0.2) is 0 Å². The summed E-state index contributed by atoms with van der Waals surface area (Å²) in [6.45, 7) is 16.1. The largest absolute Gasteiger partial charge is 0.481 e. The number of Topliss-reactive ketones (excluding diaryl/α,β-unsaturated/α-hetero) is 1. The van der Waals surface area contributed by atoms with Crippen LogP contribution in [0.2, 0.25) is 0 Å². The quantitative estimate of drug-likeness (QED) is 0.460. The highest BCUT2D eigenvalue weighted by molar-refractivity contribution is 6.04. The van der Waals surface area contributed by atoms with Gasteiger partial charge in [0.1, 0.15) is 6.07 Å². The predicted molar refractivity (Wildman–Crippen MR) is 136 cm³/mol. The Kier molecular flexibility index (Phi) is 5.33. The fraction of sp³-hybridized carbons (Fsp3) is 0.839. The molecule has 0 aromatic rings. The molecule has 0 radical (unpaired) electrons. The molecule has 4 nitrogen and oxygen atoms in total. The molecule has 0 aromatic carbocycles. The molecule has 0 spiro atoms. The summed E-state index contributed by atoms with van der Waals surface area (Å²) in [5.74, 6) is 1.80. The van der Waals surface area contributed by atoms with Crippen LogP contribution < -0.4 is 0 Å². The molecular weight excluding hydrogens is 434 g/mol. The second-order valence-corrected chi connectivity index (χ2v) is 14.7. The molecule has 0 aliphatic heterocycles. The number of ketones is 1. The van der Waals surface area contributed by atoms with Gasteiger partial charge in [0, 0.05) is 5.41 Å². The first-order valence-corrected chi connectivity index (χ1v) is 14.1. The van der Waals surface area contributed by atoms with E-state index >= 15 is 0 Å². The number of fused-ring (bicyclic) bond motifs is 7. The van der Waals surface area contributed by atoms with E-state index in [4.69, 9.17) is 0 Å². The number of carboxylic acid groups (broad SMARTS) is 1. The lowest BCUT2D eigenvalue weighted by atomic mass is 9.32. The van der Waals surface area contributed by atoms with Crippen LogP contribution in [0.5, 0.6) is 0 Å². The Morgan fingerprint density at radius 3 is 2.26 bits per heavy atom. The summed E-state index contributed by atoms with van der Waals surface area (Å²) < 4.78 is 0. The van der Waals surface area contributed by atoms with Gasteiger partial charge in [0.2, 0.25) is 0 Å². The Morgan fingerprint density at radius 2 is 1.66 bits per heavy atom. The van der Waals surface area contributed by atoms with E-state index in [1.165, 1.54) is 0 Å². The van der Waals surface area contributed by atoms with Crippen LogP contribution in [0.4, 0.5) is 0 Å². The predicted octanol–water partition coefficient (Wildman–Crippen LogP) is 7.05. The Labute approximate surface area is 211 Å². The zero-order valence-corrected chi connectivity index (χ0v) is 22.9. The van der Waals surface area contributed by atoms with Crippen molar-refractivity contribution in [2.75, 3.05) is 0 Å². The molecule has 0 saturated heterocycles. The smallest absolute Gasteiger partial charge is 0.309 e. The molecule has 35 heavy (non-hydrogen) atoms. The maximum Gasteiger partial charge on any atom is 0.309 e. The number of nitrogens with zero attached hydrogens (tertiary/aromatic N) is 1. The molecule has 4 saturated carbocycles. The minimum absolute atomic E-state index is 0.0145. The topological polar surface area (TPSA) is 78.2 Å². The average Bonchev–Trinajstić information content (AvgIpc) is 3.18. The number of carbonyl (C=O) groups is 2. The van der Waals surface area contributed by atoms with Gasteiger partial charge in [-0.15, -0.1) is 0 Å². The van der Waals surface area contributed by atoms with Crippen molar-refractivity contribution in [3.8, 4) is 6.07 Å².